The smallest absolute Gasteiger partial charge is 0.312 e. The molecule has 1 fully saturated rings. The Balaban J connectivity index is 1.55. The summed E-state index contributed by atoms with van der Waals surface area (Å²) in [6, 6.07) is 13.5. The van der Waals surface area contributed by atoms with Gasteiger partial charge in [0.2, 0.25) is 11.8 Å². The summed E-state index contributed by atoms with van der Waals surface area (Å²) in [6.45, 7) is 3.62. The number of esters is 1. The van der Waals surface area contributed by atoms with Gasteiger partial charge in [0, 0.05) is 29.9 Å². The predicted molar refractivity (Wildman–Crippen MR) is 111 cm³/mol. The molecule has 8 nitrogen and oxygen atoms in total. The first kappa shape index (κ1) is 21.0. The van der Waals surface area contributed by atoms with E-state index in [1.165, 1.54) is 31.2 Å². The lowest BCUT2D eigenvalue weighted by molar-refractivity contribution is -0.157. The SMILES string of the molecule is Cc1ccc(N2C[C@@H](C(=O)O[C@@H](C)C(=O)Nc3ccc(C(N)=O)cc3)CC2=O)cc1. The molecule has 8 heteroatoms. The molecule has 0 aliphatic carbocycles. The quantitative estimate of drug-likeness (QED) is 0.708. The lowest BCUT2D eigenvalue weighted by Crippen LogP contribution is -2.33. The zero-order chi connectivity index (χ0) is 21.8. The van der Waals surface area contributed by atoms with Crippen LogP contribution in [0.25, 0.3) is 0 Å². The fraction of sp³-hybridized carbons (Fsp3) is 0.273. The van der Waals surface area contributed by atoms with Crippen LogP contribution >= 0.6 is 0 Å². The van der Waals surface area contributed by atoms with Gasteiger partial charge in [-0.25, -0.2) is 0 Å². The standard InChI is InChI=1S/C22H23N3O5/c1-13-3-9-18(10-4-13)25-12-16(11-19(25)26)22(29)30-14(2)21(28)24-17-7-5-15(6-8-17)20(23)27/h3-10,14,16H,11-12H2,1-2H3,(H2,23,27)(H,24,28)/t14-,16-/m0/s1. The number of carbonyl (C=O) groups excluding carboxylic acids is 4. The minimum Gasteiger partial charge on any atom is -0.452 e. The van der Waals surface area contributed by atoms with Crippen LogP contribution in [0.3, 0.4) is 0 Å². The number of aryl methyl sites for hydroxylation is 1. The van der Waals surface area contributed by atoms with Crippen LogP contribution in [0.5, 0.6) is 0 Å². The van der Waals surface area contributed by atoms with E-state index in [0.717, 1.165) is 11.3 Å². The zero-order valence-corrected chi connectivity index (χ0v) is 16.8. The molecule has 156 valence electrons. The molecule has 2 atom stereocenters. The number of anilines is 2. The van der Waals surface area contributed by atoms with Gasteiger partial charge in [0.15, 0.2) is 6.10 Å². The fourth-order valence-corrected chi connectivity index (χ4v) is 3.13. The summed E-state index contributed by atoms with van der Waals surface area (Å²) >= 11 is 0. The number of benzene rings is 2. The average Bonchev–Trinajstić information content (AvgIpc) is 3.10. The number of carbonyl (C=O) groups is 4. The van der Waals surface area contributed by atoms with Crippen LogP contribution in [0.2, 0.25) is 0 Å². The third-order valence-electron chi connectivity index (χ3n) is 4.90. The second kappa shape index (κ2) is 8.77. The highest BCUT2D eigenvalue weighted by Gasteiger charge is 2.37. The highest BCUT2D eigenvalue weighted by Crippen LogP contribution is 2.26. The van der Waals surface area contributed by atoms with Gasteiger partial charge in [-0.15, -0.1) is 0 Å². The highest BCUT2D eigenvalue weighted by molar-refractivity contribution is 6.00. The third kappa shape index (κ3) is 4.83. The summed E-state index contributed by atoms with van der Waals surface area (Å²) in [5, 5.41) is 2.61. The largest absolute Gasteiger partial charge is 0.452 e. The van der Waals surface area contributed by atoms with Gasteiger partial charge in [0.1, 0.15) is 0 Å². The number of nitrogens with zero attached hydrogens (tertiary/aromatic N) is 1. The van der Waals surface area contributed by atoms with Gasteiger partial charge in [0.25, 0.3) is 5.91 Å². The van der Waals surface area contributed by atoms with Crippen LogP contribution in [-0.4, -0.2) is 36.3 Å². The summed E-state index contributed by atoms with van der Waals surface area (Å²) in [7, 11) is 0. The maximum Gasteiger partial charge on any atom is 0.312 e. The Morgan fingerprint density at radius 3 is 2.33 bits per heavy atom. The van der Waals surface area contributed by atoms with Crippen molar-refractivity contribution in [3.63, 3.8) is 0 Å². The van der Waals surface area contributed by atoms with E-state index in [1.54, 1.807) is 4.90 Å². The van der Waals surface area contributed by atoms with Crippen LogP contribution in [0, 0.1) is 12.8 Å². The lowest BCUT2D eigenvalue weighted by Gasteiger charge is -2.18. The molecule has 3 amide bonds. The average molecular weight is 409 g/mol. The first-order chi connectivity index (χ1) is 14.2. The Morgan fingerprint density at radius 1 is 1.10 bits per heavy atom. The summed E-state index contributed by atoms with van der Waals surface area (Å²) < 4.78 is 5.28. The predicted octanol–water partition coefficient (Wildman–Crippen LogP) is 2.02. The van der Waals surface area contributed by atoms with E-state index >= 15 is 0 Å². The summed E-state index contributed by atoms with van der Waals surface area (Å²) in [6.07, 6.45) is -1.01. The topological polar surface area (TPSA) is 119 Å². The van der Waals surface area contributed by atoms with Crippen molar-refractivity contribution in [1.82, 2.24) is 0 Å². The molecular weight excluding hydrogens is 386 g/mol. The van der Waals surface area contributed by atoms with Crippen LogP contribution in [0.4, 0.5) is 11.4 Å². The second-order valence-corrected chi connectivity index (χ2v) is 7.25. The number of amides is 3. The molecule has 1 aliphatic rings. The fourth-order valence-electron chi connectivity index (χ4n) is 3.13. The molecule has 0 unspecified atom stereocenters. The van der Waals surface area contributed by atoms with Crippen LogP contribution in [0.1, 0.15) is 29.3 Å². The summed E-state index contributed by atoms with van der Waals surface area (Å²) in [5.74, 6) is -2.48. The van der Waals surface area contributed by atoms with E-state index in [4.69, 9.17) is 10.5 Å². The Kier molecular flexibility index (Phi) is 6.15. The number of rotatable bonds is 6. The molecule has 0 aromatic heterocycles. The molecule has 3 N–H and O–H groups in total. The molecule has 1 heterocycles. The molecule has 30 heavy (non-hydrogen) atoms. The van der Waals surface area contributed by atoms with Crippen molar-refractivity contribution in [3.05, 3.63) is 59.7 Å². The number of primary amides is 1. The lowest BCUT2D eigenvalue weighted by atomic mass is 10.1. The van der Waals surface area contributed by atoms with E-state index in [-0.39, 0.29) is 18.9 Å². The van der Waals surface area contributed by atoms with Crippen LogP contribution < -0.4 is 16.0 Å². The van der Waals surface area contributed by atoms with Crippen molar-refractivity contribution in [3.8, 4) is 0 Å². The number of hydrogen-bond acceptors (Lipinski definition) is 5. The van der Waals surface area contributed by atoms with Crippen molar-refractivity contribution in [2.75, 3.05) is 16.8 Å². The van der Waals surface area contributed by atoms with Gasteiger partial charge in [-0.2, -0.15) is 0 Å². The minimum absolute atomic E-state index is 0.0373. The van der Waals surface area contributed by atoms with Gasteiger partial charge in [-0.05, 0) is 50.2 Å². The molecule has 2 aromatic rings. The van der Waals surface area contributed by atoms with Gasteiger partial charge < -0.3 is 20.7 Å². The molecule has 0 spiro atoms. The molecule has 0 bridgehead atoms. The van der Waals surface area contributed by atoms with E-state index in [9.17, 15) is 19.2 Å². The second-order valence-electron chi connectivity index (χ2n) is 7.25. The Morgan fingerprint density at radius 2 is 1.73 bits per heavy atom. The van der Waals surface area contributed by atoms with Gasteiger partial charge in [-0.3, -0.25) is 19.2 Å². The Labute approximate surface area is 174 Å². The molecular formula is C22H23N3O5. The molecule has 0 saturated carbocycles. The number of hydrogen-bond donors (Lipinski definition) is 2. The minimum atomic E-state index is -1.04. The number of nitrogens with one attached hydrogen (secondary N) is 1. The summed E-state index contributed by atoms with van der Waals surface area (Å²) in [4.78, 5) is 49.7. The van der Waals surface area contributed by atoms with Crippen LogP contribution in [-0.2, 0) is 19.1 Å². The van der Waals surface area contributed by atoms with Gasteiger partial charge in [-0.1, -0.05) is 17.7 Å². The Hall–Kier alpha value is -3.68. The van der Waals surface area contributed by atoms with Gasteiger partial charge >= 0.3 is 5.97 Å². The summed E-state index contributed by atoms with van der Waals surface area (Å²) in [5.41, 5.74) is 7.74. The van der Waals surface area contributed by atoms with Crippen molar-refractivity contribution < 1.29 is 23.9 Å². The van der Waals surface area contributed by atoms with Crippen molar-refractivity contribution in [1.29, 1.82) is 0 Å². The number of ether oxygens (including phenoxy) is 1. The molecule has 3 rings (SSSR count). The normalized spacial score (nSPS) is 16.8. The van der Waals surface area contributed by atoms with E-state index in [0.29, 0.717) is 11.3 Å². The molecule has 2 aromatic carbocycles. The van der Waals surface area contributed by atoms with Crippen LogP contribution in [0.15, 0.2) is 48.5 Å². The first-order valence-electron chi connectivity index (χ1n) is 9.53. The van der Waals surface area contributed by atoms with Crippen molar-refractivity contribution in [2.45, 2.75) is 26.4 Å². The molecule has 0 radical (unpaired) electrons. The van der Waals surface area contributed by atoms with Gasteiger partial charge in [0.05, 0.1) is 5.92 Å². The molecule has 1 saturated heterocycles. The van der Waals surface area contributed by atoms with Crippen molar-refractivity contribution >= 4 is 35.1 Å². The third-order valence-corrected chi connectivity index (χ3v) is 4.90. The first-order valence-corrected chi connectivity index (χ1v) is 9.53. The molecule has 1 aliphatic heterocycles. The maximum atomic E-state index is 12.5. The highest BCUT2D eigenvalue weighted by atomic mass is 16.5. The monoisotopic (exact) mass is 409 g/mol. The zero-order valence-electron chi connectivity index (χ0n) is 16.8. The van der Waals surface area contributed by atoms with Crippen molar-refractivity contribution in [2.24, 2.45) is 11.7 Å². The Bertz CT molecular complexity index is 969. The number of nitrogens with two attached hydrogens (primary N) is 1. The van der Waals surface area contributed by atoms with E-state index < -0.39 is 29.8 Å². The van der Waals surface area contributed by atoms with E-state index in [1.807, 2.05) is 31.2 Å². The maximum absolute atomic E-state index is 12.5. The van der Waals surface area contributed by atoms with E-state index in [2.05, 4.69) is 5.32 Å².